The molecule has 0 saturated carbocycles. The average Bonchev–Trinajstić information content (AvgIpc) is 2.98. The van der Waals surface area contributed by atoms with Gasteiger partial charge in [0.2, 0.25) is 11.8 Å². The Kier molecular flexibility index (Phi) is 5.61. The summed E-state index contributed by atoms with van der Waals surface area (Å²) >= 11 is 0. The van der Waals surface area contributed by atoms with Crippen molar-refractivity contribution in [2.45, 2.75) is 38.3 Å². The molecule has 0 spiro atoms. The quantitative estimate of drug-likeness (QED) is 0.587. The summed E-state index contributed by atoms with van der Waals surface area (Å²) in [5, 5.41) is 2.37. The summed E-state index contributed by atoms with van der Waals surface area (Å²) in [6.45, 7) is 0.703. The minimum Gasteiger partial charge on any atom is -0.493 e. The van der Waals surface area contributed by atoms with Crippen LogP contribution in [-0.2, 0) is 22.6 Å². The molecular formula is C23H22N2O5. The summed E-state index contributed by atoms with van der Waals surface area (Å²) in [6.07, 6.45) is 2.78. The number of hydrogen-bond acceptors (Lipinski definition) is 5. The standard InChI is InChI=1S/C23H22N2O5/c26-14-16-9-7-15(8-10-16)11-12-30-20-5-1-3-17-18(20)13-25(23(17)29)19-4-2-6-21(27)24-22(19)28/h1,3,5,7-10,14,19H,2,4,6,11-13H2,(H,24,27,28)/t19-/m0/s1. The second-order valence-corrected chi connectivity index (χ2v) is 7.49. The predicted molar refractivity (Wildman–Crippen MR) is 108 cm³/mol. The number of ether oxygens (including phenoxy) is 1. The highest BCUT2D eigenvalue weighted by molar-refractivity contribution is 6.04. The van der Waals surface area contributed by atoms with Crippen molar-refractivity contribution < 1.29 is 23.9 Å². The van der Waals surface area contributed by atoms with Gasteiger partial charge in [-0.1, -0.05) is 30.3 Å². The monoisotopic (exact) mass is 406 g/mol. The first-order valence-corrected chi connectivity index (χ1v) is 10.0. The molecule has 0 bridgehead atoms. The van der Waals surface area contributed by atoms with Gasteiger partial charge in [-0.25, -0.2) is 0 Å². The number of amides is 3. The summed E-state index contributed by atoms with van der Waals surface area (Å²) < 4.78 is 5.96. The lowest BCUT2D eigenvalue weighted by atomic mass is 10.1. The van der Waals surface area contributed by atoms with Crippen LogP contribution in [0, 0.1) is 0 Å². The Hall–Kier alpha value is -3.48. The van der Waals surface area contributed by atoms with Gasteiger partial charge in [-0.2, -0.15) is 0 Å². The zero-order chi connectivity index (χ0) is 21.1. The number of benzene rings is 2. The largest absolute Gasteiger partial charge is 0.493 e. The van der Waals surface area contributed by atoms with E-state index in [0.717, 1.165) is 17.4 Å². The van der Waals surface area contributed by atoms with Gasteiger partial charge in [0.1, 0.15) is 18.1 Å². The molecule has 2 aromatic rings. The number of nitrogens with zero attached hydrogens (tertiary/aromatic N) is 1. The molecule has 2 heterocycles. The molecule has 7 heteroatoms. The number of hydrogen-bond donors (Lipinski definition) is 1. The van der Waals surface area contributed by atoms with Crippen LogP contribution in [0.2, 0.25) is 0 Å². The van der Waals surface area contributed by atoms with E-state index in [2.05, 4.69) is 5.32 Å². The first kappa shape index (κ1) is 19.8. The summed E-state index contributed by atoms with van der Waals surface area (Å²) in [7, 11) is 0. The SMILES string of the molecule is O=Cc1ccc(CCOc2cccc3c2CN([C@H]2CCCC(=O)NC2=O)C3=O)cc1. The van der Waals surface area contributed by atoms with E-state index in [1.165, 1.54) is 4.90 Å². The Bertz CT molecular complexity index is 999. The van der Waals surface area contributed by atoms with E-state index in [1.54, 1.807) is 24.3 Å². The molecule has 2 aliphatic rings. The average molecular weight is 406 g/mol. The van der Waals surface area contributed by atoms with Crippen LogP contribution in [0.3, 0.4) is 0 Å². The van der Waals surface area contributed by atoms with Crippen LogP contribution in [0.15, 0.2) is 42.5 Å². The lowest BCUT2D eigenvalue weighted by Crippen LogP contribution is -2.46. The van der Waals surface area contributed by atoms with Crippen LogP contribution in [0.4, 0.5) is 0 Å². The zero-order valence-corrected chi connectivity index (χ0v) is 16.4. The van der Waals surface area contributed by atoms with E-state index >= 15 is 0 Å². The number of fused-ring (bicyclic) bond motifs is 1. The van der Waals surface area contributed by atoms with Crippen LogP contribution in [-0.4, -0.2) is 41.6 Å². The Labute approximate surface area is 174 Å². The Morgan fingerprint density at radius 3 is 2.67 bits per heavy atom. The molecule has 0 aliphatic carbocycles. The van der Waals surface area contributed by atoms with Gasteiger partial charge in [0.05, 0.1) is 13.2 Å². The van der Waals surface area contributed by atoms with Crippen LogP contribution in [0.1, 0.15) is 51.1 Å². The van der Waals surface area contributed by atoms with Gasteiger partial charge in [0, 0.05) is 29.5 Å². The molecule has 1 atom stereocenters. The van der Waals surface area contributed by atoms with Gasteiger partial charge in [-0.05, 0) is 30.5 Å². The molecule has 7 nitrogen and oxygen atoms in total. The van der Waals surface area contributed by atoms with E-state index in [4.69, 9.17) is 4.74 Å². The van der Waals surface area contributed by atoms with Crippen molar-refractivity contribution >= 4 is 24.0 Å². The van der Waals surface area contributed by atoms with Crippen molar-refractivity contribution in [3.8, 4) is 5.75 Å². The van der Waals surface area contributed by atoms with E-state index < -0.39 is 11.9 Å². The van der Waals surface area contributed by atoms with Gasteiger partial charge in [0.15, 0.2) is 0 Å². The molecule has 2 aliphatic heterocycles. The highest BCUT2D eigenvalue weighted by Gasteiger charge is 2.39. The predicted octanol–water partition coefficient (Wildman–Crippen LogP) is 2.27. The number of aldehydes is 1. The van der Waals surface area contributed by atoms with Gasteiger partial charge in [0.25, 0.3) is 5.91 Å². The first-order valence-electron chi connectivity index (χ1n) is 10.0. The fourth-order valence-corrected chi connectivity index (χ4v) is 3.92. The minimum absolute atomic E-state index is 0.214. The number of nitrogens with one attached hydrogen (secondary N) is 1. The molecule has 2 aromatic carbocycles. The number of rotatable bonds is 6. The van der Waals surface area contributed by atoms with E-state index in [9.17, 15) is 19.2 Å². The Morgan fingerprint density at radius 1 is 1.10 bits per heavy atom. The molecule has 1 saturated heterocycles. The summed E-state index contributed by atoms with van der Waals surface area (Å²) in [5.74, 6) is -0.302. The second kappa shape index (κ2) is 8.49. The molecule has 4 rings (SSSR count). The number of carbonyl (C=O) groups is 4. The lowest BCUT2D eigenvalue weighted by molar-refractivity contribution is -0.132. The zero-order valence-electron chi connectivity index (χ0n) is 16.4. The van der Waals surface area contributed by atoms with Gasteiger partial charge >= 0.3 is 0 Å². The van der Waals surface area contributed by atoms with Crippen molar-refractivity contribution in [2.24, 2.45) is 0 Å². The molecule has 0 radical (unpaired) electrons. The maximum atomic E-state index is 12.9. The topological polar surface area (TPSA) is 92.8 Å². The summed E-state index contributed by atoms with van der Waals surface area (Å²) in [6, 6.07) is 12.0. The highest BCUT2D eigenvalue weighted by atomic mass is 16.5. The highest BCUT2D eigenvalue weighted by Crippen LogP contribution is 2.33. The molecule has 154 valence electrons. The normalized spacial score (nSPS) is 18.6. The van der Waals surface area contributed by atoms with E-state index in [-0.39, 0.29) is 18.4 Å². The van der Waals surface area contributed by atoms with Crippen LogP contribution in [0.25, 0.3) is 0 Å². The van der Waals surface area contributed by atoms with Gasteiger partial charge in [-0.15, -0.1) is 0 Å². The van der Waals surface area contributed by atoms with Crippen molar-refractivity contribution in [1.82, 2.24) is 10.2 Å². The lowest BCUT2D eigenvalue weighted by Gasteiger charge is -2.24. The molecule has 30 heavy (non-hydrogen) atoms. The van der Waals surface area contributed by atoms with Crippen molar-refractivity contribution in [2.75, 3.05) is 6.61 Å². The molecule has 1 fully saturated rings. The summed E-state index contributed by atoms with van der Waals surface area (Å²) in [5.41, 5.74) is 2.97. The molecule has 1 N–H and O–H groups in total. The van der Waals surface area contributed by atoms with Crippen molar-refractivity contribution in [3.63, 3.8) is 0 Å². The maximum Gasteiger partial charge on any atom is 0.255 e. The third kappa shape index (κ3) is 3.96. The Morgan fingerprint density at radius 2 is 1.90 bits per heavy atom. The minimum atomic E-state index is -0.652. The van der Waals surface area contributed by atoms with Gasteiger partial charge in [-0.3, -0.25) is 24.5 Å². The van der Waals surface area contributed by atoms with Gasteiger partial charge < -0.3 is 9.64 Å². The van der Waals surface area contributed by atoms with E-state index in [1.807, 2.05) is 18.2 Å². The maximum absolute atomic E-state index is 12.9. The third-order valence-corrected chi connectivity index (χ3v) is 5.54. The molecule has 0 unspecified atom stereocenters. The number of carbonyl (C=O) groups excluding carboxylic acids is 4. The van der Waals surface area contributed by atoms with Crippen LogP contribution < -0.4 is 10.1 Å². The fraction of sp³-hybridized carbons (Fsp3) is 0.304. The molecular weight excluding hydrogens is 384 g/mol. The fourth-order valence-electron chi connectivity index (χ4n) is 3.92. The molecule has 3 amide bonds. The van der Waals surface area contributed by atoms with Crippen LogP contribution >= 0.6 is 0 Å². The van der Waals surface area contributed by atoms with Crippen molar-refractivity contribution in [3.05, 3.63) is 64.7 Å². The first-order chi connectivity index (χ1) is 14.6. The smallest absolute Gasteiger partial charge is 0.255 e. The summed E-state index contributed by atoms with van der Waals surface area (Å²) in [4.78, 5) is 49.2. The van der Waals surface area contributed by atoms with Crippen LogP contribution in [0.5, 0.6) is 5.75 Å². The molecule has 0 aromatic heterocycles. The third-order valence-electron chi connectivity index (χ3n) is 5.54. The van der Waals surface area contributed by atoms with E-state index in [0.29, 0.717) is 49.2 Å². The second-order valence-electron chi connectivity index (χ2n) is 7.49. The number of imide groups is 1. The van der Waals surface area contributed by atoms with Crippen molar-refractivity contribution in [1.29, 1.82) is 0 Å². The Balaban J connectivity index is 1.45.